The van der Waals surface area contributed by atoms with Gasteiger partial charge >= 0.3 is 0 Å². The van der Waals surface area contributed by atoms with Gasteiger partial charge in [0.1, 0.15) is 5.75 Å². The van der Waals surface area contributed by atoms with Crippen molar-refractivity contribution in [3.05, 3.63) is 48.5 Å². The molecule has 0 atom stereocenters. The fourth-order valence-electron chi connectivity index (χ4n) is 2.84. The van der Waals surface area contributed by atoms with Gasteiger partial charge in [0, 0.05) is 6.04 Å². The summed E-state index contributed by atoms with van der Waals surface area (Å²) in [6.45, 7) is 1.70. The molecular weight excluding hydrogens is 324 g/mol. The smallest absolute Gasteiger partial charge is 0.240 e. The molecule has 1 aliphatic rings. The third-order valence-electron chi connectivity index (χ3n) is 4.25. The van der Waals surface area contributed by atoms with Crippen LogP contribution in [0.2, 0.25) is 0 Å². The molecule has 0 radical (unpaired) electrons. The van der Waals surface area contributed by atoms with Crippen molar-refractivity contribution >= 4 is 10.0 Å². The van der Waals surface area contributed by atoms with Gasteiger partial charge < -0.3 is 10.1 Å². The topological polar surface area (TPSA) is 67.4 Å². The van der Waals surface area contributed by atoms with Crippen molar-refractivity contribution in [3.8, 4) is 16.9 Å². The summed E-state index contributed by atoms with van der Waals surface area (Å²) >= 11 is 0. The first-order valence-corrected chi connectivity index (χ1v) is 9.54. The van der Waals surface area contributed by atoms with E-state index < -0.39 is 10.0 Å². The maximum atomic E-state index is 12.5. The quantitative estimate of drug-likeness (QED) is 0.872. The molecule has 6 heteroatoms. The second-order valence-corrected chi connectivity index (χ2v) is 7.61. The molecule has 1 fully saturated rings. The summed E-state index contributed by atoms with van der Waals surface area (Å²) in [6.07, 6.45) is 1.65. The summed E-state index contributed by atoms with van der Waals surface area (Å²) in [6, 6.07) is 14.7. The Morgan fingerprint density at radius 2 is 1.50 bits per heavy atom. The van der Waals surface area contributed by atoms with Crippen molar-refractivity contribution in [2.24, 2.45) is 0 Å². The van der Waals surface area contributed by atoms with E-state index in [9.17, 15) is 8.42 Å². The Labute approximate surface area is 143 Å². The van der Waals surface area contributed by atoms with Gasteiger partial charge in [0.25, 0.3) is 0 Å². The second-order valence-electron chi connectivity index (χ2n) is 5.90. The molecule has 1 aliphatic heterocycles. The first-order chi connectivity index (χ1) is 11.6. The van der Waals surface area contributed by atoms with Crippen LogP contribution in [-0.2, 0) is 10.0 Å². The second kappa shape index (κ2) is 7.34. The Morgan fingerprint density at radius 3 is 2.04 bits per heavy atom. The number of sulfonamides is 1. The van der Waals surface area contributed by atoms with E-state index in [-0.39, 0.29) is 6.04 Å². The zero-order valence-corrected chi connectivity index (χ0v) is 14.5. The van der Waals surface area contributed by atoms with Gasteiger partial charge in [0.2, 0.25) is 10.0 Å². The summed E-state index contributed by atoms with van der Waals surface area (Å²) < 4.78 is 32.9. The van der Waals surface area contributed by atoms with E-state index in [1.165, 1.54) is 0 Å². The Hall–Kier alpha value is -1.89. The molecular formula is C18H22N2O3S. The molecule has 0 spiro atoms. The highest BCUT2D eigenvalue weighted by atomic mass is 32.2. The third kappa shape index (κ3) is 3.95. The van der Waals surface area contributed by atoms with Crippen molar-refractivity contribution in [3.63, 3.8) is 0 Å². The summed E-state index contributed by atoms with van der Waals surface area (Å²) in [7, 11) is -1.84. The molecule has 0 bridgehead atoms. The monoisotopic (exact) mass is 346 g/mol. The lowest BCUT2D eigenvalue weighted by molar-refractivity contribution is 0.415. The number of ether oxygens (including phenoxy) is 1. The maximum absolute atomic E-state index is 12.5. The van der Waals surface area contributed by atoms with Crippen LogP contribution in [0.25, 0.3) is 11.1 Å². The summed E-state index contributed by atoms with van der Waals surface area (Å²) in [4.78, 5) is 0.304. The normalized spacial score (nSPS) is 16.0. The Kier molecular flexibility index (Phi) is 5.18. The molecule has 2 N–H and O–H groups in total. The van der Waals surface area contributed by atoms with Gasteiger partial charge in [-0.2, -0.15) is 0 Å². The van der Waals surface area contributed by atoms with Crippen LogP contribution in [0.3, 0.4) is 0 Å². The molecule has 0 unspecified atom stereocenters. The van der Waals surface area contributed by atoms with E-state index in [4.69, 9.17) is 4.74 Å². The highest BCUT2D eigenvalue weighted by Gasteiger charge is 2.21. The van der Waals surface area contributed by atoms with Crippen LogP contribution in [0.4, 0.5) is 0 Å². The zero-order valence-electron chi connectivity index (χ0n) is 13.7. The van der Waals surface area contributed by atoms with E-state index in [2.05, 4.69) is 10.0 Å². The number of piperidine rings is 1. The molecule has 3 rings (SSSR count). The molecule has 0 amide bonds. The van der Waals surface area contributed by atoms with Gasteiger partial charge in [0.15, 0.2) is 0 Å². The van der Waals surface area contributed by atoms with E-state index in [0.29, 0.717) is 4.90 Å². The highest BCUT2D eigenvalue weighted by Crippen LogP contribution is 2.24. The average Bonchev–Trinajstić information content (AvgIpc) is 2.62. The van der Waals surface area contributed by atoms with Crippen molar-refractivity contribution < 1.29 is 13.2 Å². The van der Waals surface area contributed by atoms with E-state index in [1.54, 1.807) is 19.2 Å². The molecule has 1 saturated heterocycles. The van der Waals surface area contributed by atoms with Crippen LogP contribution in [0.5, 0.6) is 5.75 Å². The average molecular weight is 346 g/mol. The number of hydrogen-bond donors (Lipinski definition) is 2. The van der Waals surface area contributed by atoms with Crippen molar-refractivity contribution in [2.75, 3.05) is 20.2 Å². The molecule has 0 saturated carbocycles. The molecule has 5 nitrogen and oxygen atoms in total. The maximum Gasteiger partial charge on any atom is 0.240 e. The van der Waals surface area contributed by atoms with Gasteiger partial charge in [-0.15, -0.1) is 0 Å². The molecule has 2 aromatic carbocycles. The number of rotatable bonds is 5. The van der Waals surface area contributed by atoms with Crippen LogP contribution in [-0.4, -0.2) is 34.7 Å². The van der Waals surface area contributed by atoms with Gasteiger partial charge in [-0.25, -0.2) is 13.1 Å². The Bertz CT molecular complexity index is 765. The molecule has 128 valence electrons. The molecule has 24 heavy (non-hydrogen) atoms. The Morgan fingerprint density at radius 1 is 0.958 bits per heavy atom. The van der Waals surface area contributed by atoms with Crippen LogP contribution in [0.15, 0.2) is 53.4 Å². The van der Waals surface area contributed by atoms with Crippen molar-refractivity contribution in [1.29, 1.82) is 0 Å². The predicted molar refractivity (Wildman–Crippen MR) is 94.6 cm³/mol. The molecule has 1 heterocycles. The van der Waals surface area contributed by atoms with Crippen molar-refractivity contribution in [2.45, 2.75) is 23.8 Å². The number of benzene rings is 2. The van der Waals surface area contributed by atoms with Crippen molar-refractivity contribution in [1.82, 2.24) is 10.0 Å². The van der Waals surface area contributed by atoms with Gasteiger partial charge in [-0.05, 0) is 61.3 Å². The van der Waals surface area contributed by atoms with E-state index >= 15 is 0 Å². The largest absolute Gasteiger partial charge is 0.497 e. The highest BCUT2D eigenvalue weighted by molar-refractivity contribution is 7.89. The first-order valence-electron chi connectivity index (χ1n) is 8.06. The molecule has 0 aliphatic carbocycles. The SMILES string of the molecule is COc1ccc(-c2ccc(S(=O)(=O)NC3CCNCC3)cc2)cc1. The summed E-state index contributed by atoms with van der Waals surface area (Å²) in [5.41, 5.74) is 1.99. The third-order valence-corrected chi connectivity index (χ3v) is 5.79. The molecule has 2 aromatic rings. The standard InChI is InChI=1S/C18H22N2O3S/c1-23-17-6-2-14(3-7-17)15-4-8-18(9-5-15)24(21,22)20-16-10-12-19-13-11-16/h2-9,16,19-20H,10-13H2,1H3. The van der Waals surface area contributed by atoms with Gasteiger partial charge in [0.05, 0.1) is 12.0 Å². The minimum atomic E-state index is -3.47. The summed E-state index contributed by atoms with van der Waals surface area (Å²) in [5.74, 6) is 0.795. The van der Waals surface area contributed by atoms with Gasteiger partial charge in [-0.1, -0.05) is 24.3 Å². The minimum Gasteiger partial charge on any atom is -0.497 e. The van der Waals surface area contributed by atoms with Crippen LogP contribution >= 0.6 is 0 Å². The van der Waals surface area contributed by atoms with Crippen LogP contribution in [0, 0.1) is 0 Å². The van der Waals surface area contributed by atoms with Crippen LogP contribution in [0.1, 0.15) is 12.8 Å². The zero-order chi connectivity index (χ0) is 17.0. The fraction of sp³-hybridized carbons (Fsp3) is 0.333. The van der Waals surface area contributed by atoms with Gasteiger partial charge in [-0.3, -0.25) is 0 Å². The number of nitrogens with one attached hydrogen (secondary N) is 2. The fourth-order valence-corrected chi connectivity index (χ4v) is 4.14. The van der Waals surface area contributed by atoms with E-state index in [1.807, 2.05) is 36.4 Å². The minimum absolute atomic E-state index is 0.0116. The lowest BCUT2D eigenvalue weighted by atomic mass is 10.1. The Balaban J connectivity index is 1.75. The predicted octanol–water partition coefficient (Wildman–Crippen LogP) is 2.39. The lowest BCUT2D eigenvalue weighted by Gasteiger charge is -2.23. The first kappa shape index (κ1) is 17.0. The number of methoxy groups -OCH3 is 1. The van der Waals surface area contributed by atoms with Crippen LogP contribution < -0.4 is 14.8 Å². The lowest BCUT2D eigenvalue weighted by Crippen LogP contribution is -2.42. The molecule has 0 aromatic heterocycles. The summed E-state index contributed by atoms with van der Waals surface area (Å²) in [5, 5.41) is 3.23. The number of hydrogen-bond acceptors (Lipinski definition) is 4. The van der Waals surface area contributed by atoms with E-state index in [0.717, 1.165) is 42.8 Å².